The molecule has 0 heterocycles. The monoisotopic (exact) mass is 255 g/mol. The van der Waals surface area contributed by atoms with E-state index < -0.39 is 10.0 Å². The van der Waals surface area contributed by atoms with Crippen LogP contribution in [0, 0.1) is 0 Å². The summed E-state index contributed by atoms with van der Waals surface area (Å²) in [5, 5.41) is -0.280. The van der Waals surface area contributed by atoms with Crippen LogP contribution in [0.1, 0.15) is 39.5 Å². The Labute approximate surface area is 104 Å². The Kier molecular flexibility index (Phi) is 5.48. The van der Waals surface area contributed by atoms with Crippen LogP contribution in [0.2, 0.25) is 0 Å². The number of rotatable bonds is 7. The fraction of sp³-hybridized carbons (Fsp3) is 0.538. The van der Waals surface area contributed by atoms with Crippen molar-refractivity contribution < 1.29 is 8.42 Å². The maximum absolute atomic E-state index is 12.2. The van der Waals surface area contributed by atoms with E-state index in [9.17, 15) is 8.42 Å². The highest BCUT2D eigenvalue weighted by Gasteiger charge is 2.23. The van der Waals surface area contributed by atoms with E-state index in [0.717, 1.165) is 25.7 Å². The summed E-state index contributed by atoms with van der Waals surface area (Å²) >= 11 is 0. The van der Waals surface area contributed by atoms with Crippen LogP contribution in [0.4, 0.5) is 5.69 Å². The largest absolute Gasteiger partial charge is 0.283 e. The molecule has 0 fully saturated rings. The minimum atomic E-state index is -3.25. The summed E-state index contributed by atoms with van der Waals surface area (Å²) in [5.74, 6) is 0. The second kappa shape index (κ2) is 6.64. The average Bonchev–Trinajstić information content (AvgIpc) is 2.29. The van der Waals surface area contributed by atoms with Gasteiger partial charge in [-0.3, -0.25) is 4.72 Å². The zero-order valence-electron chi connectivity index (χ0n) is 10.5. The van der Waals surface area contributed by atoms with Crippen molar-refractivity contribution in [2.75, 3.05) is 4.72 Å². The van der Waals surface area contributed by atoms with Crippen LogP contribution >= 0.6 is 0 Å². The Morgan fingerprint density at radius 3 is 2.06 bits per heavy atom. The quantitative estimate of drug-likeness (QED) is 0.811. The highest BCUT2D eigenvalue weighted by atomic mass is 32.2. The molecule has 0 spiro atoms. The van der Waals surface area contributed by atoms with Gasteiger partial charge in [0.15, 0.2) is 0 Å². The molecule has 96 valence electrons. The number of sulfonamides is 1. The van der Waals surface area contributed by atoms with E-state index in [0.29, 0.717) is 5.69 Å². The predicted octanol–water partition coefficient (Wildman–Crippen LogP) is 3.40. The van der Waals surface area contributed by atoms with Gasteiger partial charge in [-0.1, -0.05) is 44.9 Å². The topological polar surface area (TPSA) is 46.2 Å². The van der Waals surface area contributed by atoms with Crippen molar-refractivity contribution in [2.45, 2.75) is 44.8 Å². The summed E-state index contributed by atoms with van der Waals surface area (Å²) in [6.45, 7) is 4.03. The predicted molar refractivity (Wildman–Crippen MR) is 72.6 cm³/mol. The lowest BCUT2D eigenvalue weighted by Crippen LogP contribution is -2.27. The number of anilines is 1. The summed E-state index contributed by atoms with van der Waals surface area (Å²) < 4.78 is 27.0. The van der Waals surface area contributed by atoms with Crippen LogP contribution in [0.5, 0.6) is 0 Å². The lowest BCUT2D eigenvalue weighted by molar-refractivity contribution is 0.560. The molecule has 0 aliphatic heterocycles. The minimum Gasteiger partial charge on any atom is -0.283 e. The molecule has 3 nitrogen and oxygen atoms in total. The molecule has 0 amide bonds. The van der Waals surface area contributed by atoms with Gasteiger partial charge in [-0.2, -0.15) is 0 Å². The number of hydrogen-bond donors (Lipinski definition) is 1. The molecule has 0 aromatic heterocycles. The first-order valence-corrected chi connectivity index (χ1v) is 7.71. The van der Waals surface area contributed by atoms with E-state index in [2.05, 4.69) is 4.72 Å². The molecule has 0 atom stereocenters. The second-order valence-corrected chi connectivity index (χ2v) is 6.17. The van der Waals surface area contributed by atoms with Crippen LogP contribution in [0.15, 0.2) is 30.3 Å². The molecule has 1 rings (SSSR count). The van der Waals surface area contributed by atoms with E-state index in [4.69, 9.17) is 0 Å². The van der Waals surface area contributed by atoms with Crippen LogP contribution in [0.3, 0.4) is 0 Å². The van der Waals surface area contributed by atoms with Crippen molar-refractivity contribution in [3.05, 3.63) is 30.3 Å². The van der Waals surface area contributed by atoms with Gasteiger partial charge in [0.1, 0.15) is 0 Å². The minimum absolute atomic E-state index is 0.280. The molecule has 0 bridgehead atoms. The molecule has 1 N–H and O–H groups in total. The molecular weight excluding hydrogens is 234 g/mol. The summed E-state index contributed by atoms with van der Waals surface area (Å²) in [6, 6.07) is 9.06. The summed E-state index contributed by atoms with van der Waals surface area (Å²) in [5.41, 5.74) is 0.643. The van der Waals surface area contributed by atoms with Gasteiger partial charge < -0.3 is 0 Å². The molecule has 0 saturated heterocycles. The summed E-state index contributed by atoms with van der Waals surface area (Å²) in [7, 11) is -3.25. The molecule has 0 aliphatic rings. The summed E-state index contributed by atoms with van der Waals surface area (Å²) in [6.07, 6.45) is 3.22. The molecule has 4 heteroatoms. The maximum Gasteiger partial charge on any atom is 0.235 e. The zero-order valence-corrected chi connectivity index (χ0v) is 11.3. The van der Waals surface area contributed by atoms with Gasteiger partial charge in [-0.25, -0.2) is 8.42 Å². The van der Waals surface area contributed by atoms with Crippen LogP contribution in [0.25, 0.3) is 0 Å². The molecule has 17 heavy (non-hydrogen) atoms. The van der Waals surface area contributed by atoms with E-state index in [1.807, 2.05) is 32.0 Å². The SMILES string of the molecule is CCCC(CCC)S(=O)(=O)Nc1ccccc1. The fourth-order valence-electron chi connectivity index (χ4n) is 1.85. The Balaban J connectivity index is 2.78. The van der Waals surface area contributed by atoms with Gasteiger partial charge in [0.05, 0.1) is 5.25 Å². The smallest absolute Gasteiger partial charge is 0.235 e. The van der Waals surface area contributed by atoms with Crippen molar-refractivity contribution in [1.29, 1.82) is 0 Å². The maximum atomic E-state index is 12.2. The van der Waals surface area contributed by atoms with Gasteiger partial charge >= 0.3 is 0 Å². The number of hydrogen-bond acceptors (Lipinski definition) is 2. The number of benzene rings is 1. The Morgan fingerprint density at radius 1 is 1.06 bits per heavy atom. The molecular formula is C13H21NO2S. The number of para-hydroxylation sites is 1. The van der Waals surface area contributed by atoms with Gasteiger partial charge in [0.2, 0.25) is 10.0 Å². The first-order chi connectivity index (χ1) is 8.10. The van der Waals surface area contributed by atoms with Gasteiger partial charge in [-0.15, -0.1) is 0 Å². The van der Waals surface area contributed by atoms with Crippen molar-refractivity contribution in [3.63, 3.8) is 0 Å². The van der Waals surface area contributed by atoms with Gasteiger partial charge in [0, 0.05) is 5.69 Å². The zero-order chi connectivity index (χ0) is 12.7. The molecule has 1 aromatic rings. The normalized spacial score (nSPS) is 11.7. The third-order valence-electron chi connectivity index (χ3n) is 2.69. The lowest BCUT2D eigenvalue weighted by Gasteiger charge is -2.17. The number of nitrogens with one attached hydrogen (secondary N) is 1. The van der Waals surface area contributed by atoms with Crippen LogP contribution < -0.4 is 4.72 Å². The molecule has 0 unspecified atom stereocenters. The lowest BCUT2D eigenvalue weighted by atomic mass is 10.2. The van der Waals surface area contributed by atoms with Crippen molar-refractivity contribution >= 4 is 15.7 Å². The first kappa shape index (κ1) is 14.0. The molecule has 0 saturated carbocycles. The van der Waals surface area contributed by atoms with E-state index in [1.165, 1.54) is 0 Å². The van der Waals surface area contributed by atoms with Gasteiger partial charge in [0.25, 0.3) is 0 Å². The molecule has 1 aromatic carbocycles. The summed E-state index contributed by atoms with van der Waals surface area (Å²) in [4.78, 5) is 0. The van der Waals surface area contributed by atoms with Crippen molar-refractivity contribution in [1.82, 2.24) is 0 Å². The van der Waals surface area contributed by atoms with E-state index in [1.54, 1.807) is 12.1 Å². The van der Waals surface area contributed by atoms with E-state index >= 15 is 0 Å². The van der Waals surface area contributed by atoms with Crippen LogP contribution in [-0.4, -0.2) is 13.7 Å². The standard InChI is InChI=1S/C13H21NO2S/c1-3-8-13(9-4-2)17(15,16)14-12-10-6-5-7-11-12/h5-7,10-11,13-14H,3-4,8-9H2,1-2H3. The van der Waals surface area contributed by atoms with E-state index in [-0.39, 0.29) is 5.25 Å². The fourth-order valence-corrected chi connectivity index (χ4v) is 3.58. The Morgan fingerprint density at radius 2 is 1.59 bits per heavy atom. The van der Waals surface area contributed by atoms with Gasteiger partial charge in [-0.05, 0) is 25.0 Å². The van der Waals surface area contributed by atoms with Crippen molar-refractivity contribution in [3.8, 4) is 0 Å². The molecule has 0 aliphatic carbocycles. The Hall–Kier alpha value is -1.03. The highest BCUT2D eigenvalue weighted by molar-refractivity contribution is 7.93. The molecule has 0 radical (unpaired) electrons. The third kappa shape index (κ3) is 4.38. The average molecular weight is 255 g/mol. The first-order valence-electron chi connectivity index (χ1n) is 6.16. The highest BCUT2D eigenvalue weighted by Crippen LogP contribution is 2.18. The van der Waals surface area contributed by atoms with Crippen LogP contribution in [-0.2, 0) is 10.0 Å². The van der Waals surface area contributed by atoms with Crippen molar-refractivity contribution in [2.24, 2.45) is 0 Å². The Bertz CT molecular complexity index is 408. The third-order valence-corrected chi connectivity index (χ3v) is 4.56. The second-order valence-electron chi connectivity index (χ2n) is 4.21.